The van der Waals surface area contributed by atoms with Crippen molar-refractivity contribution in [2.75, 3.05) is 27.9 Å². The molecule has 0 spiro atoms. The maximum Gasteiger partial charge on any atom is 0.255 e. The number of amides is 1. The van der Waals surface area contributed by atoms with Crippen LogP contribution in [0.25, 0.3) is 0 Å². The molecule has 0 radical (unpaired) electrons. The normalized spacial score (nSPS) is 11.2. The molecule has 0 aliphatic carbocycles. The fraction of sp³-hybridized carbons (Fsp3) is 0.222. The highest BCUT2D eigenvalue weighted by Gasteiger charge is 2.16. The number of benzene rings is 2. The molecule has 0 heterocycles. The number of nitrogens with zero attached hydrogens (tertiary/aromatic N) is 1. The van der Waals surface area contributed by atoms with Crippen LogP contribution in [0.5, 0.6) is 17.2 Å². The van der Waals surface area contributed by atoms with E-state index in [1.807, 2.05) is 0 Å². The van der Waals surface area contributed by atoms with Gasteiger partial charge in [0.05, 0.1) is 39.0 Å². The number of carbonyl (C=O) groups excluding carboxylic acids is 1. The molecule has 28 heavy (non-hydrogen) atoms. The predicted molar refractivity (Wildman–Crippen MR) is 103 cm³/mol. The zero-order valence-corrected chi connectivity index (χ0v) is 16.4. The molecule has 0 aliphatic heterocycles. The summed E-state index contributed by atoms with van der Waals surface area (Å²) in [6.45, 7) is -0.461. The van der Waals surface area contributed by atoms with Crippen molar-refractivity contribution < 1.29 is 27.4 Å². The largest absolute Gasteiger partial charge is 0.493 e. The highest BCUT2D eigenvalue weighted by molar-refractivity contribution is 7.89. The number of nitrogens with one attached hydrogen (secondary N) is 2. The zero-order valence-electron chi connectivity index (χ0n) is 15.6. The summed E-state index contributed by atoms with van der Waals surface area (Å²) < 4.78 is 42.1. The van der Waals surface area contributed by atoms with E-state index in [0.717, 1.165) is 0 Å². The summed E-state index contributed by atoms with van der Waals surface area (Å²) >= 11 is 0. The second-order valence-electron chi connectivity index (χ2n) is 5.35. The molecule has 0 saturated heterocycles. The van der Waals surface area contributed by atoms with E-state index in [9.17, 15) is 13.2 Å². The van der Waals surface area contributed by atoms with E-state index < -0.39 is 22.5 Å². The highest BCUT2D eigenvalue weighted by Crippen LogP contribution is 2.38. The van der Waals surface area contributed by atoms with Crippen LogP contribution in [0.4, 0.5) is 0 Å². The summed E-state index contributed by atoms with van der Waals surface area (Å²) in [6, 6.07) is 11.1. The third kappa shape index (κ3) is 5.21. The van der Waals surface area contributed by atoms with Crippen LogP contribution in [0, 0.1) is 0 Å². The summed E-state index contributed by atoms with van der Waals surface area (Å²) in [5.41, 5.74) is 2.78. The average Bonchev–Trinajstić information content (AvgIpc) is 2.72. The molecular weight excluding hydrogens is 386 g/mol. The van der Waals surface area contributed by atoms with E-state index in [4.69, 9.17) is 14.2 Å². The van der Waals surface area contributed by atoms with Crippen LogP contribution in [0.3, 0.4) is 0 Å². The van der Waals surface area contributed by atoms with Gasteiger partial charge in [0.25, 0.3) is 5.91 Å². The van der Waals surface area contributed by atoms with E-state index in [1.165, 1.54) is 39.7 Å². The first kappa shape index (κ1) is 21.2. The summed E-state index contributed by atoms with van der Waals surface area (Å²) in [4.78, 5) is 11.9. The molecule has 1 amide bonds. The van der Waals surface area contributed by atoms with Gasteiger partial charge in [-0.1, -0.05) is 18.2 Å². The van der Waals surface area contributed by atoms with Gasteiger partial charge in [-0.05, 0) is 24.3 Å². The summed E-state index contributed by atoms with van der Waals surface area (Å²) in [7, 11) is 0.667. The summed E-state index contributed by atoms with van der Waals surface area (Å²) in [6.07, 6.45) is 1.35. The molecule has 2 aromatic carbocycles. The van der Waals surface area contributed by atoms with Crippen LogP contribution >= 0.6 is 0 Å². The van der Waals surface area contributed by atoms with E-state index >= 15 is 0 Å². The minimum absolute atomic E-state index is 0.0707. The van der Waals surface area contributed by atoms with Gasteiger partial charge < -0.3 is 14.2 Å². The number of hydrogen-bond donors (Lipinski definition) is 2. The molecule has 150 valence electrons. The quantitative estimate of drug-likeness (QED) is 0.476. The number of hydrazone groups is 1. The number of methoxy groups -OCH3 is 3. The second-order valence-corrected chi connectivity index (χ2v) is 7.12. The van der Waals surface area contributed by atoms with Crippen LogP contribution < -0.4 is 24.4 Å². The fourth-order valence-corrected chi connectivity index (χ4v) is 3.29. The minimum Gasteiger partial charge on any atom is -0.493 e. The Balaban J connectivity index is 2.00. The van der Waals surface area contributed by atoms with Gasteiger partial charge in [-0.3, -0.25) is 4.79 Å². The van der Waals surface area contributed by atoms with Crippen molar-refractivity contribution >= 4 is 22.1 Å². The molecule has 0 aromatic heterocycles. The lowest BCUT2D eigenvalue weighted by Gasteiger charge is -2.13. The Labute approximate surface area is 163 Å². The maximum atomic E-state index is 12.1. The van der Waals surface area contributed by atoms with Gasteiger partial charge in [-0.15, -0.1) is 0 Å². The van der Waals surface area contributed by atoms with E-state index in [1.54, 1.807) is 30.3 Å². The SMILES string of the molecule is COc1ccc(/C=N/NC(=O)CNS(=O)(=O)c2ccccc2)c(OC)c1OC. The Morgan fingerprint density at radius 2 is 1.68 bits per heavy atom. The Bertz CT molecular complexity index is 945. The third-order valence-corrected chi connectivity index (χ3v) is 5.02. The van der Waals surface area contributed by atoms with Gasteiger partial charge in [0.1, 0.15) is 0 Å². The summed E-state index contributed by atoms with van der Waals surface area (Å²) in [5.74, 6) is 0.617. The minimum atomic E-state index is -3.77. The molecule has 9 nitrogen and oxygen atoms in total. The topological polar surface area (TPSA) is 115 Å². The zero-order chi connectivity index (χ0) is 20.6. The van der Waals surface area contributed by atoms with Gasteiger partial charge in [0.2, 0.25) is 15.8 Å². The molecule has 0 atom stereocenters. The van der Waals surface area contributed by atoms with Gasteiger partial charge in [0.15, 0.2) is 11.5 Å². The first-order chi connectivity index (χ1) is 13.4. The van der Waals surface area contributed by atoms with Gasteiger partial charge >= 0.3 is 0 Å². The molecule has 0 saturated carbocycles. The van der Waals surface area contributed by atoms with Crippen LogP contribution in [-0.2, 0) is 14.8 Å². The number of carbonyl (C=O) groups is 1. The van der Waals surface area contributed by atoms with Crippen LogP contribution in [0.15, 0.2) is 52.5 Å². The monoisotopic (exact) mass is 407 g/mol. The number of sulfonamides is 1. The maximum absolute atomic E-state index is 12.1. The average molecular weight is 407 g/mol. The molecule has 0 bridgehead atoms. The van der Waals surface area contributed by atoms with E-state index in [0.29, 0.717) is 22.8 Å². The Hall–Kier alpha value is -3.11. The molecule has 10 heteroatoms. The Morgan fingerprint density at radius 1 is 1.00 bits per heavy atom. The molecule has 2 rings (SSSR count). The van der Waals surface area contributed by atoms with Gasteiger partial charge in [0, 0.05) is 5.56 Å². The Kier molecular flexibility index (Phi) is 7.36. The lowest BCUT2D eigenvalue weighted by Crippen LogP contribution is -2.34. The van der Waals surface area contributed by atoms with Crippen molar-refractivity contribution in [3.8, 4) is 17.2 Å². The predicted octanol–water partition coefficient (Wildman–Crippen LogP) is 1.14. The van der Waals surface area contributed by atoms with Crippen molar-refractivity contribution in [2.24, 2.45) is 5.10 Å². The molecule has 2 N–H and O–H groups in total. The third-order valence-electron chi connectivity index (χ3n) is 3.60. The van der Waals surface area contributed by atoms with Crippen LogP contribution in [0.2, 0.25) is 0 Å². The molecular formula is C18H21N3O6S. The highest BCUT2D eigenvalue weighted by atomic mass is 32.2. The van der Waals surface area contributed by atoms with Crippen molar-refractivity contribution in [3.63, 3.8) is 0 Å². The standard InChI is InChI=1S/C18H21N3O6S/c1-25-15-10-9-13(17(26-2)18(15)27-3)11-19-21-16(22)12-20-28(23,24)14-7-5-4-6-8-14/h4-11,20H,12H2,1-3H3,(H,21,22)/b19-11+. The molecule has 0 fully saturated rings. The van der Waals surface area contributed by atoms with Crippen LogP contribution in [-0.4, -0.2) is 48.4 Å². The number of rotatable bonds is 9. The molecule has 0 unspecified atom stereocenters. The lowest BCUT2D eigenvalue weighted by molar-refractivity contribution is -0.119. The second kappa shape index (κ2) is 9.72. The van der Waals surface area contributed by atoms with Crippen molar-refractivity contribution in [2.45, 2.75) is 4.90 Å². The van der Waals surface area contributed by atoms with Crippen molar-refractivity contribution in [1.82, 2.24) is 10.1 Å². The van der Waals surface area contributed by atoms with Crippen molar-refractivity contribution in [1.29, 1.82) is 0 Å². The van der Waals surface area contributed by atoms with E-state index in [-0.39, 0.29) is 4.90 Å². The number of ether oxygens (including phenoxy) is 3. The Morgan fingerprint density at radius 3 is 2.29 bits per heavy atom. The molecule has 2 aromatic rings. The van der Waals surface area contributed by atoms with E-state index in [2.05, 4.69) is 15.2 Å². The first-order valence-corrected chi connectivity index (χ1v) is 9.56. The van der Waals surface area contributed by atoms with Crippen LogP contribution in [0.1, 0.15) is 5.56 Å². The lowest BCUT2D eigenvalue weighted by atomic mass is 10.2. The molecule has 0 aliphatic rings. The van der Waals surface area contributed by atoms with Gasteiger partial charge in [-0.2, -0.15) is 5.10 Å². The first-order valence-electron chi connectivity index (χ1n) is 8.08. The smallest absolute Gasteiger partial charge is 0.255 e. The van der Waals surface area contributed by atoms with Gasteiger partial charge in [-0.25, -0.2) is 18.6 Å². The number of hydrogen-bond acceptors (Lipinski definition) is 7. The fourth-order valence-electron chi connectivity index (χ4n) is 2.28. The van der Waals surface area contributed by atoms with Crippen molar-refractivity contribution in [3.05, 3.63) is 48.0 Å². The summed E-state index contributed by atoms with van der Waals surface area (Å²) in [5, 5.41) is 3.82.